The largest absolute Gasteiger partial charge is 0.469 e. The first-order chi connectivity index (χ1) is 9.53. The number of esters is 1. The maximum atomic E-state index is 12.3. The summed E-state index contributed by atoms with van der Waals surface area (Å²) in [5.41, 5.74) is -0.0219. The van der Waals surface area contributed by atoms with Gasteiger partial charge in [-0.2, -0.15) is 0 Å². The minimum absolute atomic E-state index is 0.0219. The lowest BCUT2D eigenvalue weighted by Gasteiger charge is -2.37. The van der Waals surface area contributed by atoms with Crippen LogP contribution in [0.2, 0.25) is 0 Å². The number of methoxy groups -OCH3 is 1. The van der Waals surface area contributed by atoms with Crippen LogP contribution in [0.3, 0.4) is 0 Å². The van der Waals surface area contributed by atoms with E-state index in [-0.39, 0.29) is 17.4 Å². The molecule has 1 fully saturated rings. The van der Waals surface area contributed by atoms with E-state index in [1.165, 1.54) is 26.4 Å². The maximum Gasteiger partial charge on any atom is 0.305 e. The normalized spacial score (nSPS) is 17.6. The first-order valence-electron chi connectivity index (χ1n) is 7.53. The van der Waals surface area contributed by atoms with Crippen molar-refractivity contribution in [3.63, 3.8) is 0 Å². The lowest BCUT2D eigenvalue weighted by molar-refractivity contribution is -0.141. The smallest absolute Gasteiger partial charge is 0.305 e. The van der Waals surface area contributed by atoms with Gasteiger partial charge >= 0.3 is 5.97 Å². The number of hydrogen-bond acceptors (Lipinski definition) is 4. The van der Waals surface area contributed by atoms with Crippen LogP contribution in [0.15, 0.2) is 0 Å². The fraction of sp³-hybridized carbons (Fsp3) is 0.867. The lowest BCUT2D eigenvalue weighted by atomic mass is 9.79. The molecule has 1 saturated carbocycles. The van der Waals surface area contributed by atoms with Gasteiger partial charge in [-0.25, -0.2) is 0 Å². The zero-order chi connectivity index (χ0) is 15.0. The second-order valence-electron chi connectivity index (χ2n) is 5.76. The van der Waals surface area contributed by atoms with Crippen LogP contribution in [-0.2, 0) is 14.3 Å². The molecule has 1 aliphatic rings. The first kappa shape index (κ1) is 17.0. The molecule has 20 heavy (non-hydrogen) atoms. The van der Waals surface area contributed by atoms with Gasteiger partial charge in [0.15, 0.2) is 0 Å². The summed E-state index contributed by atoms with van der Waals surface area (Å²) < 4.78 is 4.60. The van der Waals surface area contributed by atoms with E-state index >= 15 is 0 Å². The van der Waals surface area contributed by atoms with Crippen molar-refractivity contribution in [2.75, 3.05) is 27.7 Å². The van der Waals surface area contributed by atoms with Crippen LogP contribution in [0.4, 0.5) is 0 Å². The minimum atomic E-state index is -0.218. The molecule has 0 bridgehead atoms. The highest BCUT2D eigenvalue weighted by Crippen LogP contribution is 2.31. The SMILES string of the molecule is CNC1(CC(=O)N(C)CCCC(=O)OC)CCCCC1. The zero-order valence-corrected chi connectivity index (χ0v) is 13.0. The van der Waals surface area contributed by atoms with Crippen molar-refractivity contribution >= 4 is 11.9 Å². The molecule has 116 valence electrons. The quantitative estimate of drug-likeness (QED) is 0.723. The predicted molar refractivity (Wildman–Crippen MR) is 78.4 cm³/mol. The molecule has 0 saturated heterocycles. The van der Waals surface area contributed by atoms with E-state index in [0.29, 0.717) is 25.8 Å². The molecule has 0 aliphatic heterocycles. The van der Waals surface area contributed by atoms with E-state index in [9.17, 15) is 9.59 Å². The Bertz CT molecular complexity index is 325. The number of carbonyl (C=O) groups excluding carboxylic acids is 2. The van der Waals surface area contributed by atoms with Gasteiger partial charge in [0, 0.05) is 32.0 Å². The number of carbonyl (C=O) groups is 2. The third kappa shape index (κ3) is 5.12. The van der Waals surface area contributed by atoms with Crippen LogP contribution >= 0.6 is 0 Å². The van der Waals surface area contributed by atoms with Gasteiger partial charge in [0.2, 0.25) is 5.91 Å². The molecule has 1 N–H and O–H groups in total. The average molecular weight is 284 g/mol. The molecule has 0 radical (unpaired) electrons. The first-order valence-corrected chi connectivity index (χ1v) is 7.53. The molecule has 0 aromatic rings. The van der Waals surface area contributed by atoms with Crippen LogP contribution in [0, 0.1) is 0 Å². The third-order valence-corrected chi connectivity index (χ3v) is 4.36. The lowest BCUT2D eigenvalue weighted by Crippen LogP contribution is -2.48. The van der Waals surface area contributed by atoms with E-state index in [2.05, 4.69) is 10.1 Å². The third-order valence-electron chi connectivity index (χ3n) is 4.36. The van der Waals surface area contributed by atoms with Gasteiger partial charge < -0.3 is 15.0 Å². The fourth-order valence-electron chi connectivity index (χ4n) is 2.86. The highest BCUT2D eigenvalue weighted by Gasteiger charge is 2.33. The molecular weight excluding hydrogens is 256 g/mol. The number of nitrogens with zero attached hydrogens (tertiary/aromatic N) is 1. The molecule has 5 heteroatoms. The molecule has 0 heterocycles. The summed E-state index contributed by atoms with van der Waals surface area (Å²) in [6.45, 7) is 0.605. The summed E-state index contributed by atoms with van der Waals surface area (Å²) in [7, 11) is 5.15. The second kappa shape index (κ2) is 8.25. The van der Waals surface area contributed by atoms with Crippen molar-refractivity contribution in [1.82, 2.24) is 10.2 Å². The Balaban J connectivity index is 2.38. The van der Waals surface area contributed by atoms with Crippen LogP contribution in [0.5, 0.6) is 0 Å². The number of ether oxygens (including phenoxy) is 1. The van der Waals surface area contributed by atoms with Gasteiger partial charge in [-0.1, -0.05) is 19.3 Å². The van der Waals surface area contributed by atoms with Crippen molar-refractivity contribution in [3.8, 4) is 0 Å². The molecule has 1 rings (SSSR count). The summed E-state index contributed by atoms with van der Waals surface area (Å²) in [5.74, 6) is -0.0593. The van der Waals surface area contributed by atoms with Gasteiger partial charge in [-0.3, -0.25) is 9.59 Å². The van der Waals surface area contributed by atoms with Crippen LogP contribution in [-0.4, -0.2) is 50.1 Å². The molecular formula is C15H28N2O3. The highest BCUT2D eigenvalue weighted by atomic mass is 16.5. The summed E-state index contributed by atoms with van der Waals surface area (Å²) in [6.07, 6.45) is 7.38. The van der Waals surface area contributed by atoms with Crippen LogP contribution in [0.1, 0.15) is 51.4 Å². The molecule has 0 spiro atoms. The standard InChI is InChI=1S/C15H28N2O3/c1-16-15(9-5-4-6-10-15)12-13(18)17(2)11-7-8-14(19)20-3/h16H,4-12H2,1-3H3. The summed E-state index contributed by atoms with van der Waals surface area (Å²) >= 11 is 0. The summed E-state index contributed by atoms with van der Waals surface area (Å²) in [4.78, 5) is 25.1. The molecule has 0 unspecified atom stereocenters. The van der Waals surface area contributed by atoms with Crippen molar-refractivity contribution in [3.05, 3.63) is 0 Å². The van der Waals surface area contributed by atoms with E-state index in [4.69, 9.17) is 0 Å². The number of hydrogen-bond donors (Lipinski definition) is 1. The summed E-state index contributed by atoms with van der Waals surface area (Å²) in [5, 5.41) is 3.37. The van der Waals surface area contributed by atoms with E-state index < -0.39 is 0 Å². The Morgan fingerprint density at radius 3 is 2.45 bits per heavy atom. The number of rotatable bonds is 7. The molecule has 0 aromatic heterocycles. The molecule has 0 aromatic carbocycles. The van der Waals surface area contributed by atoms with Gasteiger partial charge in [0.1, 0.15) is 0 Å². The Morgan fingerprint density at radius 1 is 1.25 bits per heavy atom. The second-order valence-corrected chi connectivity index (χ2v) is 5.76. The topological polar surface area (TPSA) is 58.6 Å². The zero-order valence-electron chi connectivity index (χ0n) is 13.0. The van der Waals surface area contributed by atoms with E-state index in [1.807, 2.05) is 14.1 Å². The number of nitrogens with one attached hydrogen (secondary N) is 1. The van der Waals surface area contributed by atoms with Crippen molar-refractivity contribution < 1.29 is 14.3 Å². The molecule has 5 nitrogen and oxygen atoms in total. The Hall–Kier alpha value is -1.10. The Morgan fingerprint density at radius 2 is 1.90 bits per heavy atom. The molecule has 0 atom stereocenters. The van der Waals surface area contributed by atoms with Gasteiger partial charge in [0.05, 0.1) is 7.11 Å². The number of amides is 1. The average Bonchev–Trinajstić information content (AvgIpc) is 2.47. The van der Waals surface area contributed by atoms with E-state index in [0.717, 1.165) is 12.8 Å². The molecule has 1 aliphatic carbocycles. The van der Waals surface area contributed by atoms with Crippen LogP contribution < -0.4 is 5.32 Å². The highest BCUT2D eigenvalue weighted by molar-refractivity contribution is 5.77. The van der Waals surface area contributed by atoms with Gasteiger partial charge in [-0.05, 0) is 26.3 Å². The van der Waals surface area contributed by atoms with Crippen LogP contribution in [0.25, 0.3) is 0 Å². The van der Waals surface area contributed by atoms with Crippen molar-refractivity contribution in [2.45, 2.75) is 56.9 Å². The van der Waals surface area contributed by atoms with Gasteiger partial charge in [-0.15, -0.1) is 0 Å². The van der Waals surface area contributed by atoms with E-state index in [1.54, 1.807) is 4.90 Å². The Kier molecular flexibility index (Phi) is 6.99. The van der Waals surface area contributed by atoms with Gasteiger partial charge in [0.25, 0.3) is 0 Å². The summed E-state index contributed by atoms with van der Waals surface area (Å²) in [6, 6.07) is 0. The van der Waals surface area contributed by atoms with Crippen molar-refractivity contribution in [1.29, 1.82) is 0 Å². The fourth-order valence-corrected chi connectivity index (χ4v) is 2.86. The minimum Gasteiger partial charge on any atom is -0.469 e. The maximum absolute atomic E-state index is 12.3. The van der Waals surface area contributed by atoms with Crippen molar-refractivity contribution in [2.24, 2.45) is 0 Å². The predicted octanol–water partition coefficient (Wildman–Crippen LogP) is 1.71. The molecule has 1 amide bonds. The monoisotopic (exact) mass is 284 g/mol. The Labute approximate surface area is 122 Å².